The van der Waals surface area contributed by atoms with Crippen LogP contribution >= 0.6 is 15.9 Å². The van der Waals surface area contributed by atoms with Crippen molar-refractivity contribution in [3.05, 3.63) is 22.9 Å². The van der Waals surface area contributed by atoms with E-state index in [-0.39, 0.29) is 24.3 Å². The van der Waals surface area contributed by atoms with Crippen LogP contribution in [-0.2, 0) is 9.59 Å². The van der Waals surface area contributed by atoms with Gasteiger partial charge in [-0.1, -0.05) is 13.8 Å². The van der Waals surface area contributed by atoms with Crippen LogP contribution in [0, 0.1) is 5.92 Å². The monoisotopic (exact) mass is 328 g/mol. The fraction of sp³-hybridized carbons (Fsp3) is 0.417. The minimum Gasteiger partial charge on any atom is -0.346 e. The van der Waals surface area contributed by atoms with Gasteiger partial charge >= 0.3 is 0 Å². The molecule has 0 aliphatic rings. The van der Waals surface area contributed by atoms with E-state index >= 15 is 0 Å². The second kappa shape index (κ2) is 7.20. The van der Waals surface area contributed by atoms with Crippen molar-refractivity contribution in [1.82, 2.24) is 10.3 Å². The molecule has 0 aliphatic carbocycles. The number of nitrogens with one attached hydrogen (secondary N) is 2. The number of aromatic nitrogens is 1. The first-order chi connectivity index (χ1) is 8.90. The molecule has 104 valence electrons. The molecule has 0 saturated carbocycles. The molecule has 0 aromatic carbocycles. The first-order valence-corrected chi connectivity index (χ1v) is 6.64. The van der Waals surface area contributed by atoms with Crippen LogP contribution in [0.2, 0.25) is 0 Å². The van der Waals surface area contributed by atoms with Gasteiger partial charge in [-0.25, -0.2) is 4.98 Å². The van der Waals surface area contributed by atoms with Crippen LogP contribution in [0.5, 0.6) is 0 Å². The summed E-state index contributed by atoms with van der Waals surface area (Å²) in [7, 11) is 0. The molecular formula is C12H17BrN4O2. The molecule has 0 unspecified atom stereocenters. The summed E-state index contributed by atoms with van der Waals surface area (Å²) in [5.41, 5.74) is 6.22. The maximum Gasteiger partial charge on any atom is 0.243 e. The van der Waals surface area contributed by atoms with Crippen LogP contribution in [0.3, 0.4) is 0 Å². The van der Waals surface area contributed by atoms with Gasteiger partial charge in [0.25, 0.3) is 0 Å². The third-order valence-electron chi connectivity index (χ3n) is 2.46. The average molecular weight is 329 g/mol. The summed E-state index contributed by atoms with van der Waals surface area (Å²) in [6.07, 6.45) is 1.52. The summed E-state index contributed by atoms with van der Waals surface area (Å²) in [5, 5.41) is 5.10. The average Bonchev–Trinajstić information content (AvgIpc) is 2.37. The van der Waals surface area contributed by atoms with E-state index in [4.69, 9.17) is 5.73 Å². The Hall–Kier alpha value is -1.47. The van der Waals surface area contributed by atoms with Crippen molar-refractivity contribution in [2.45, 2.75) is 19.9 Å². The highest BCUT2D eigenvalue weighted by Crippen LogP contribution is 2.09. The highest BCUT2D eigenvalue weighted by Gasteiger charge is 2.17. The van der Waals surface area contributed by atoms with Crippen molar-refractivity contribution < 1.29 is 9.59 Å². The molecule has 1 rings (SSSR count). The number of hydrogen-bond donors (Lipinski definition) is 3. The third-order valence-corrected chi connectivity index (χ3v) is 2.92. The minimum absolute atomic E-state index is 0.0266. The Labute approximate surface area is 120 Å². The van der Waals surface area contributed by atoms with Gasteiger partial charge in [-0.15, -0.1) is 0 Å². The van der Waals surface area contributed by atoms with E-state index in [0.717, 1.165) is 0 Å². The summed E-state index contributed by atoms with van der Waals surface area (Å²) in [6, 6.07) is 2.81. The van der Waals surface area contributed by atoms with Crippen LogP contribution in [0.4, 0.5) is 5.69 Å². The molecule has 6 nitrogen and oxygen atoms in total. The predicted octanol–water partition coefficient (Wildman–Crippen LogP) is 0.882. The van der Waals surface area contributed by atoms with Gasteiger partial charge in [-0.3, -0.25) is 9.59 Å². The predicted molar refractivity (Wildman–Crippen MR) is 76.4 cm³/mol. The lowest BCUT2D eigenvalue weighted by atomic mass is 10.1. The standard InChI is InChI=1S/C12H17BrN4O2/c1-7(2)11(14)12(19)16-6-10(18)17-8-3-4-9(13)15-5-8/h3-5,7,11H,6,14H2,1-2H3,(H,16,19)(H,17,18)/t11-/m0/s1. The molecule has 19 heavy (non-hydrogen) atoms. The number of rotatable bonds is 5. The number of halogens is 1. The Morgan fingerprint density at radius 3 is 2.63 bits per heavy atom. The molecular weight excluding hydrogens is 312 g/mol. The van der Waals surface area contributed by atoms with Crippen molar-refractivity contribution in [3.8, 4) is 0 Å². The Balaban J connectivity index is 2.40. The maximum atomic E-state index is 11.6. The summed E-state index contributed by atoms with van der Waals surface area (Å²) in [6.45, 7) is 3.57. The molecule has 1 heterocycles. The van der Waals surface area contributed by atoms with Crippen LogP contribution < -0.4 is 16.4 Å². The fourth-order valence-electron chi connectivity index (χ4n) is 1.24. The molecule has 0 saturated heterocycles. The van der Waals surface area contributed by atoms with Crippen molar-refractivity contribution in [2.24, 2.45) is 11.7 Å². The molecule has 4 N–H and O–H groups in total. The van der Waals surface area contributed by atoms with Crippen LogP contribution in [0.15, 0.2) is 22.9 Å². The molecule has 7 heteroatoms. The quantitative estimate of drug-likeness (QED) is 0.699. The van der Waals surface area contributed by atoms with Crippen LogP contribution in [0.1, 0.15) is 13.8 Å². The number of amides is 2. The van der Waals surface area contributed by atoms with Crippen LogP contribution in [0.25, 0.3) is 0 Å². The summed E-state index contributed by atoms with van der Waals surface area (Å²) < 4.78 is 0.682. The molecule has 0 spiro atoms. The Bertz CT molecular complexity index is 448. The second-order valence-corrected chi connectivity index (χ2v) is 5.22. The first kappa shape index (κ1) is 15.6. The largest absolute Gasteiger partial charge is 0.346 e. The van der Waals surface area contributed by atoms with E-state index in [2.05, 4.69) is 31.5 Å². The smallest absolute Gasteiger partial charge is 0.243 e. The normalized spacial score (nSPS) is 12.1. The van der Waals surface area contributed by atoms with E-state index in [1.165, 1.54) is 6.20 Å². The van der Waals surface area contributed by atoms with Gasteiger partial charge in [-0.05, 0) is 34.0 Å². The number of anilines is 1. The molecule has 0 radical (unpaired) electrons. The van der Waals surface area contributed by atoms with Gasteiger partial charge in [0.05, 0.1) is 24.5 Å². The number of carbonyl (C=O) groups excluding carboxylic acids is 2. The molecule has 1 aromatic heterocycles. The van der Waals surface area contributed by atoms with Crippen molar-refractivity contribution in [2.75, 3.05) is 11.9 Å². The highest BCUT2D eigenvalue weighted by molar-refractivity contribution is 9.10. The fourth-order valence-corrected chi connectivity index (χ4v) is 1.48. The third kappa shape index (κ3) is 5.35. The van der Waals surface area contributed by atoms with Gasteiger partial charge < -0.3 is 16.4 Å². The van der Waals surface area contributed by atoms with Gasteiger partial charge in [0, 0.05) is 0 Å². The Morgan fingerprint density at radius 2 is 2.11 bits per heavy atom. The number of nitrogens with two attached hydrogens (primary N) is 1. The van der Waals surface area contributed by atoms with Crippen molar-refractivity contribution in [1.29, 1.82) is 0 Å². The SMILES string of the molecule is CC(C)[C@H](N)C(=O)NCC(=O)Nc1ccc(Br)nc1. The summed E-state index contributed by atoms with van der Waals surface area (Å²) >= 11 is 3.20. The topological polar surface area (TPSA) is 97.1 Å². The van der Waals surface area contributed by atoms with Crippen molar-refractivity contribution >= 4 is 33.4 Å². The van der Waals surface area contributed by atoms with Gasteiger partial charge in [-0.2, -0.15) is 0 Å². The summed E-state index contributed by atoms with van der Waals surface area (Å²) in [5.74, 6) is -0.633. The van der Waals surface area contributed by atoms with Gasteiger partial charge in [0.1, 0.15) is 4.60 Å². The lowest BCUT2D eigenvalue weighted by Crippen LogP contribution is -2.46. The first-order valence-electron chi connectivity index (χ1n) is 5.85. The van der Waals surface area contributed by atoms with Crippen LogP contribution in [-0.4, -0.2) is 29.4 Å². The molecule has 1 atom stereocenters. The molecule has 2 amide bonds. The number of pyridine rings is 1. The van der Waals surface area contributed by atoms with E-state index in [0.29, 0.717) is 10.3 Å². The van der Waals surface area contributed by atoms with E-state index in [1.807, 2.05) is 13.8 Å². The molecule has 0 bridgehead atoms. The zero-order valence-corrected chi connectivity index (χ0v) is 12.4. The molecule has 0 aliphatic heterocycles. The number of nitrogens with zero attached hydrogens (tertiary/aromatic N) is 1. The van der Waals surface area contributed by atoms with E-state index in [9.17, 15) is 9.59 Å². The van der Waals surface area contributed by atoms with E-state index < -0.39 is 6.04 Å². The second-order valence-electron chi connectivity index (χ2n) is 4.41. The zero-order valence-electron chi connectivity index (χ0n) is 10.8. The van der Waals surface area contributed by atoms with Gasteiger partial charge in [0.2, 0.25) is 11.8 Å². The lowest BCUT2D eigenvalue weighted by Gasteiger charge is -2.15. The Kier molecular flexibility index (Phi) is 5.91. The molecule has 1 aromatic rings. The number of hydrogen-bond acceptors (Lipinski definition) is 4. The van der Waals surface area contributed by atoms with E-state index in [1.54, 1.807) is 12.1 Å². The minimum atomic E-state index is -0.609. The summed E-state index contributed by atoms with van der Waals surface area (Å²) in [4.78, 5) is 27.1. The lowest BCUT2D eigenvalue weighted by molar-refractivity contribution is -0.125. The zero-order chi connectivity index (χ0) is 14.4. The van der Waals surface area contributed by atoms with Crippen molar-refractivity contribution in [3.63, 3.8) is 0 Å². The van der Waals surface area contributed by atoms with Gasteiger partial charge in [0.15, 0.2) is 0 Å². The highest BCUT2D eigenvalue weighted by atomic mass is 79.9. The maximum absolute atomic E-state index is 11.6. The number of carbonyl (C=O) groups is 2. The Morgan fingerprint density at radius 1 is 1.42 bits per heavy atom. The molecule has 0 fully saturated rings.